The molecular weight excluding hydrogens is 416 g/mol. The lowest BCUT2D eigenvalue weighted by Crippen LogP contribution is -2.51. The first-order chi connectivity index (χ1) is 15.4. The van der Waals surface area contributed by atoms with Gasteiger partial charge in [-0.1, -0.05) is 5.16 Å². The van der Waals surface area contributed by atoms with Crippen LogP contribution in [0.3, 0.4) is 0 Å². The van der Waals surface area contributed by atoms with Crippen molar-refractivity contribution in [2.24, 2.45) is 5.92 Å². The Bertz CT molecular complexity index is 1150. The van der Waals surface area contributed by atoms with Gasteiger partial charge in [-0.05, 0) is 57.2 Å². The number of benzene rings is 1. The van der Waals surface area contributed by atoms with Crippen molar-refractivity contribution in [3.8, 4) is 17.2 Å². The van der Waals surface area contributed by atoms with E-state index in [4.69, 9.17) is 9.26 Å². The number of alkyl halides is 1. The second-order valence-corrected chi connectivity index (χ2v) is 8.80. The number of aromatic nitrogens is 3. The molecule has 9 heteroatoms. The zero-order valence-corrected chi connectivity index (χ0v) is 18.5. The fraction of sp³-hybridized carbons (Fsp3) is 0.522. The first-order valence-corrected chi connectivity index (χ1v) is 11.1. The number of ether oxygens (including phenoxy) is 1. The number of hydrogen-bond donors (Lipinski definition) is 1. The third-order valence-electron chi connectivity index (χ3n) is 6.44. The highest BCUT2D eigenvalue weighted by Crippen LogP contribution is 2.39. The zero-order chi connectivity index (χ0) is 22.4. The smallest absolute Gasteiger partial charge is 0.261 e. The van der Waals surface area contributed by atoms with Crippen LogP contribution in [-0.4, -0.2) is 54.1 Å². The van der Waals surface area contributed by atoms with E-state index in [1.165, 1.54) is 26.0 Å². The first kappa shape index (κ1) is 21.1. The Kier molecular flexibility index (Phi) is 5.44. The van der Waals surface area contributed by atoms with E-state index in [0.29, 0.717) is 47.2 Å². The number of hydrogen-bond acceptors (Lipinski definition) is 7. The number of fused-ring (bicyclic) bond motifs is 1. The summed E-state index contributed by atoms with van der Waals surface area (Å²) in [4.78, 5) is 10.9. The molecule has 32 heavy (non-hydrogen) atoms. The van der Waals surface area contributed by atoms with Gasteiger partial charge in [0.15, 0.2) is 11.6 Å². The van der Waals surface area contributed by atoms with Crippen molar-refractivity contribution in [3.63, 3.8) is 0 Å². The first-order valence-electron chi connectivity index (χ1n) is 11.1. The molecule has 0 bridgehead atoms. The SMILES string of the molecule is COc1cc(F)c2nc(N3CCC(NCC4CC4)C(F)C3)c(-c3nc(C)no3)c(C)c2c1. The molecule has 7 nitrogen and oxygen atoms in total. The number of pyridine rings is 1. The summed E-state index contributed by atoms with van der Waals surface area (Å²) < 4.78 is 40.7. The summed E-state index contributed by atoms with van der Waals surface area (Å²) in [6, 6.07) is 2.87. The normalized spacial score (nSPS) is 21.3. The monoisotopic (exact) mass is 443 g/mol. The second kappa shape index (κ2) is 8.27. The van der Waals surface area contributed by atoms with Crippen LogP contribution in [-0.2, 0) is 0 Å². The highest BCUT2D eigenvalue weighted by Gasteiger charge is 2.34. The summed E-state index contributed by atoms with van der Waals surface area (Å²) in [5.41, 5.74) is 1.54. The van der Waals surface area contributed by atoms with E-state index in [1.54, 1.807) is 13.0 Å². The third kappa shape index (κ3) is 3.90. The lowest BCUT2D eigenvalue weighted by molar-refractivity contribution is 0.218. The van der Waals surface area contributed by atoms with Gasteiger partial charge < -0.3 is 19.5 Å². The van der Waals surface area contributed by atoms with Crippen LogP contribution in [0.25, 0.3) is 22.4 Å². The molecule has 1 N–H and O–H groups in total. The van der Waals surface area contributed by atoms with Crippen molar-refractivity contribution in [1.29, 1.82) is 0 Å². The summed E-state index contributed by atoms with van der Waals surface area (Å²) in [6.07, 6.45) is 2.04. The largest absolute Gasteiger partial charge is 0.497 e. The highest BCUT2D eigenvalue weighted by molar-refractivity contribution is 5.93. The maximum atomic E-state index is 15.1. The molecule has 0 amide bonds. The number of aryl methyl sites for hydroxylation is 2. The lowest BCUT2D eigenvalue weighted by atomic mass is 9.99. The summed E-state index contributed by atoms with van der Waals surface area (Å²) in [6.45, 7) is 5.22. The van der Waals surface area contributed by atoms with Crippen LogP contribution in [0.15, 0.2) is 16.7 Å². The summed E-state index contributed by atoms with van der Waals surface area (Å²) in [7, 11) is 1.49. The van der Waals surface area contributed by atoms with Gasteiger partial charge in [-0.25, -0.2) is 13.8 Å². The van der Waals surface area contributed by atoms with Gasteiger partial charge in [0.25, 0.3) is 5.89 Å². The predicted molar refractivity (Wildman–Crippen MR) is 117 cm³/mol. The van der Waals surface area contributed by atoms with Crippen LogP contribution in [0.5, 0.6) is 5.75 Å². The molecule has 2 fully saturated rings. The highest BCUT2D eigenvalue weighted by atomic mass is 19.1. The second-order valence-electron chi connectivity index (χ2n) is 8.80. The number of nitrogens with zero attached hydrogens (tertiary/aromatic N) is 4. The Balaban J connectivity index is 1.56. The molecule has 2 aliphatic rings. The van der Waals surface area contributed by atoms with Crippen molar-refractivity contribution in [1.82, 2.24) is 20.4 Å². The van der Waals surface area contributed by atoms with E-state index in [0.717, 1.165) is 12.1 Å². The Morgan fingerprint density at radius 3 is 2.69 bits per heavy atom. The van der Waals surface area contributed by atoms with Gasteiger partial charge in [-0.2, -0.15) is 4.98 Å². The minimum absolute atomic E-state index is 0.165. The number of nitrogens with one attached hydrogen (secondary N) is 1. The molecule has 0 radical (unpaired) electrons. The third-order valence-corrected chi connectivity index (χ3v) is 6.44. The van der Waals surface area contributed by atoms with Crippen molar-refractivity contribution in [2.75, 3.05) is 31.6 Å². The van der Waals surface area contributed by atoms with Crippen LogP contribution in [0.1, 0.15) is 30.7 Å². The molecule has 1 aliphatic heterocycles. The number of methoxy groups -OCH3 is 1. The van der Waals surface area contributed by atoms with Gasteiger partial charge >= 0.3 is 0 Å². The number of rotatable bonds is 6. The predicted octanol–water partition coefficient (Wildman–Crippen LogP) is 3.97. The Labute approximate surface area is 185 Å². The maximum absolute atomic E-state index is 15.1. The molecule has 0 spiro atoms. The van der Waals surface area contributed by atoms with Crippen molar-refractivity contribution >= 4 is 16.7 Å². The van der Waals surface area contributed by atoms with Crippen LogP contribution < -0.4 is 15.0 Å². The van der Waals surface area contributed by atoms with Crippen LogP contribution in [0.2, 0.25) is 0 Å². The van der Waals surface area contributed by atoms with Crippen LogP contribution >= 0.6 is 0 Å². The molecule has 3 heterocycles. The van der Waals surface area contributed by atoms with Crippen molar-refractivity contribution in [3.05, 3.63) is 29.3 Å². The zero-order valence-electron chi connectivity index (χ0n) is 18.5. The molecular formula is C23H27F2N5O2. The average molecular weight is 443 g/mol. The Hall–Kier alpha value is -2.81. The molecule has 2 atom stereocenters. The van der Waals surface area contributed by atoms with E-state index in [9.17, 15) is 4.39 Å². The summed E-state index contributed by atoms with van der Waals surface area (Å²) in [5, 5.41) is 7.88. The number of anilines is 1. The lowest BCUT2D eigenvalue weighted by Gasteiger charge is -2.37. The van der Waals surface area contributed by atoms with E-state index in [2.05, 4.69) is 20.4 Å². The van der Waals surface area contributed by atoms with Gasteiger partial charge in [0, 0.05) is 24.0 Å². The van der Waals surface area contributed by atoms with Gasteiger partial charge in [-0.15, -0.1) is 0 Å². The standard InChI is InChI=1S/C23H27F2N5O2/c1-12-16-8-15(31-3)9-17(24)21(16)28-22(20(12)23-27-13(2)29-32-23)30-7-6-19(18(25)11-30)26-10-14-4-5-14/h8-9,14,18-19,26H,4-7,10-11H2,1-3H3. The molecule has 2 unspecified atom stereocenters. The average Bonchev–Trinajstić information content (AvgIpc) is 3.51. The maximum Gasteiger partial charge on any atom is 0.261 e. The van der Waals surface area contributed by atoms with Gasteiger partial charge in [-0.3, -0.25) is 0 Å². The molecule has 1 aromatic carbocycles. The summed E-state index contributed by atoms with van der Waals surface area (Å²) >= 11 is 0. The van der Waals surface area contributed by atoms with Gasteiger partial charge in [0.1, 0.15) is 23.3 Å². The van der Waals surface area contributed by atoms with Crippen LogP contribution in [0.4, 0.5) is 14.6 Å². The van der Waals surface area contributed by atoms with E-state index >= 15 is 4.39 Å². The van der Waals surface area contributed by atoms with E-state index < -0.39 is 12.0 Å². The van der Waals surface area contributed by atoms with E-state index in [1.807, 2.05) is 11.8 Å². The molecule has 1 saturated heterocycles. The van der Waals surface area contributed by atoms with E-state index in [-0.39, 0.29) is 24.0 Å². The minimum Gasteiger partial charge on any atom is -0.497 e. The Morgan fingerprint density at radius 2 is 2.03 bits per heavy atom. The number of piperidine rings is 1. The van der Waals surface area contributed by atoms with Crippen molar-refractivity contribution in [2.45, 2.75) is 45.3 Å². The molecule has 3 aromatic rings. The van der Waals surface area contributed by atoms with Crippen molar-refractivity contribution < 1.29 is 18.0 Å². The summed E-state index contributed by atoms with van der Waals surface area (Å²) in [5.74, 6) is 1.83. The molecule has 1 saturated carbocycles. The quantitative estimate of drug-likeness (QED) is 0.618. The molecule has 1 aliphatic carbocycles. The fourth-order valence-electron chi connectivity index (χ4n) is 4.41. The number of halogens is 2. The molecule has 170 valence electrons. The Morgan fingerprint density at radius 1 is 1.22 bits per heavy atom. The van der Waals surface area contributed by atoms with Gasteiger partial charge in [0.05, 0.1) is 19.2 Å². The topological polar surface area (TPSA) is 76.3 Å². The van der Waals surface area contributed by atoms with Crippen LogP contribution in [0, 0.1) is 25.6 Å². The molecule has 2 aromatic heterocycles. The molecule has 5 rings (SSSR count). The fourth-order valence-corrected chi connectivity index (χ4v) is 4.41. The minimum atomic E-state index is -1.06. The van der Waals surface area contributed by atoms with Gasteiger partial charge in [0.2, 0.25) is 0 Å².